The van der Waals surface area contributed by atoms with E-state index in [9.17, 15) is 27.6 Å². The van der Waals surface area contributed by atoms with E-state index in [0.29, 0.717) is 36.4 Å². The van der Waals surface area contributed by atoms with Gasteiger partial charge in [-0.15, -0.1) is 0 Å². The van der Waals surface area contributed by atoms with Crippen LogP contribution in [0.15, 0.2) is 58.6 Å². The van der Waals surface area contributed by atoms with E-state index in [-0.39, 0.29) is 48.7 Å². The first-order chi connectivity index (χ1) is 24.5. The lowest BCUT2D eigenvalue weighted by atomic mass is 9.85. The van der Waals surface area contributed by atoms with Crippen LogP contribution >= 0.6 is 0 Å². The second-order valence-electron chi connectivity index (χ2n) is 15.0. The van der Waals surface area contributed by atoms with Crippen molar-refractivity contribution in [2.75, 3.05) is 20.3 Å². The van der Waals surface area contributed by atoms with Gasteiger partial charge in [-0.25, -0.2) is 13.2 Å². The maximum Gasteiger partial charge on any atom is 0.274 e. The fourth-order valence-electron chi connectivity index (χ4n) is 6.63. The van der Waals surface area contributed by atoms with Crippen LogP contribution in [-0.4, -0.2) is 67.4 Å². The van der Waals surface area contributed by atoms with Crippen molar-refractivity contribution in [3.63, 3.8) is 0 Å². The van der Waals surface area contributed by atoms with Crippen molar-refractivity contribution in [3.05, 3.63) is 98.7 Å². The summed E-state index contributed by atoms with van der Waals surface area (Å²) in [6.07, 6.45) is 2.44. The first-order valence-electron chi connectivity index (χ1n) is 17.2. The molecule has 278 valence electrons. The molecule has 0 unspecified atom stereocenters. The number of benzene rings is 2. The van der Waals surface area contributed by atoms with Gasteiger partial charge in [0.2, 0.25) is 11.3 Å². The average molecular weight is 741 g/mol. The van der Waals surface area contributed by atoms with Crippen molar-refractivity contribution < 1.29 is 41.5 Å². The summed E-state index contributed by atoms with van der Waals surface area (Å²) in [5.41, 5.74) is -2.32. The molecule has 0 aliphatic carbocycles. The monoisotopic (exact) mass is 740 g/mol. The summed E-state index contributed by atoms with van der Waals surface area (Å²) >= 11 is 0. The number of methoxy groups -OCH3 is 1. The van der Waals surface area contributed by atoms with Crippen LogP contribution in [0.3, 0.4) is 0 Å². The highest BCUT2D eigenvalue weighted by atomic mass is 28.4. The molecule has 11 nitrogen and oxygen atoms in total. The Morgan fingerprint density at radius 1 is 1.12 bits per heavy atom. The zero-order valence-electron chi connectivity index (χ0n) is 30.1. The number of pyridine rings is 1. The summed E-state index contributed by atoms with van der Waals surface area (Å²) in [7, 11) is -0.745. The van der Waals surface area contributed by atoms with Crippen LogP contribution in [-0.2, 0) is 27.2 Å². The smallest absolute Gasteiger partial charge is 0.274 e. The van der Waals surface area contributed by atoms with Gasteiger partial charge in [0.15, 0.2) is 25.4 Å². The Hall–Kier alpha value is -4.63. The van der Waals surface area contributed by atoms with E-state index in [1.165, 1.54) is 13.3 Å². The first-order valence-corrected chi connectivity index (χ1v) is 20.1. The zero-order chi connectivity index (χ0) is 37.6. The molecular weight excluding hydrogens is 698 g/mol. The second-order valence-corrected chi connectivity index (χ2v) is 19.8. The molecule has 1 N–H and O–H groups in total. The molecule has 0 saturated carbocycles. The number of carbonyl (C=O) groups excluding carboxylic acids is 2. The Balaban J connectivity index is 1.45. The van der Waals surface area contributed by atoms with Crippen molar-refractivity contribution in [2.24, 2.45) is 5.16 Å². The number of amides is 2. The highest BCUT2D eigenvalue weighted by Crippen LogP contribution is 2.47. The number of rotatable bonds is 9. The lowest BCUT2D eigenvalue weighted by molar-refractivity contribution is -0.0656. The van der Waals surface area contributed by atoms with Crippen LogP contribution in [0.2, 0.25) is 18.1 Å². The van der Waals surface area contributed by atoms with Crippen LogP contribution < -0.4 is 15.5 Å². The van der Waals surface area contributed by atoms with Gasteiger partial charge in [-0.2, -0.15) is 0 Å². The SMILES string of the molecule is COC1=NO[C@@]2(CC[C@H](CO[Si](C)(C)C(C)(C)C)N3C[C@H]2n2cc(C(=O)NCc4c(F)cc(F)cc4F)c(=O)c(OCc4ccccc4)c2C3=O)C1. The van der Waals surface area contributed by atoms with Gasteiger partial charge in [-0.3, -0.25) is 14.4 Å². The quantitative estimate of drug-likeness (QED) is 0.265. The topological polar surface area (TPSA) is 121 Å². The summed E-state index contributed by atoms with van der Waals surface area (Å²) in [5, 5.41) is 6.50. The Labute approximate surface area is 300 Å². The lowest BCUT2D eigenvalue weighted by Crippen LogP contribution is -2.54. The van der Waals surface area contributed by atoms with Gasteiger partial charge in [-0.05, 0) is 36.5 Å². The van der Waals surface area contributed by atoms with Gasteiger partial charge in [0.25, 0.3) is 11.8 Å². The molecule has 52 heavy (non-hydrogen) atoms. The molecule has 2 bridgehead atoms. The lowest BCUT2D eigenvalue weighted by Gasteiger charge is -2.43. The normalized spacial score (nSPS) is 21.3. The molecule has 3 aliphatic rings. The molecular formula is C37H43F3N4O7Si. The molecule has 1 spiro atoms. The Kier molecular flexibility index (Phi) is 10.0. The number of ether oxygens (including phenoxy) is 2. The molecule has 3 atom stereocenters. The average Bonchev–Trinajstić information content (AvgIpc) is 3.45. The molecule has 2 aromatic carbocycles. The minimum atomic E-state index is -2.23. The van der Waals surface area contributed by atoms with Gasteiger partial charge >= 0.3 is 0 Å². The third-order valence-electron chi connectivity index (χ3n) is 10.8. The number of fused-ring (bicyclic) bond motifs is 5. The standard InChI is InChI=1S/C37H43F3N4O7Si/c1-36(2,3)52(5,6)50-21-24-12-13-37(16-30(48-4)42-51-37)29-19-43(24)35(47)31-33(49-20-22-10-8-7-9-11-22)32(45)26(18-44(29)31)34(46)41-17-25-27(39)14-23(38)15-28(25)40/h7-11,14-15,18,24,29H,12-13,16-17,19-21H2,1-6H3,(H,41,46)/t24-,29-,37+/m1/s1. The highest BCUT2D eigenvalue weighted by molar-refractivity contribution is 6.74. The number of nitrogens with one attached hydrogen (secondary N) is 1. The summed E-state index contributed by atoms with van der Waals surface area (Å²) in [6, 6.07) is 8.94. The van der Waals surface area contributed by atoms with Crippen LogP contribution in [0, 0.1) is 17.5 Å². The van der Waals surface area contributed by atoms with Crippen LogP contribution in [0.4, 0.5) is 13.2 Å². The van der Waals surface area contributed by atoms with E-state index >= 15 is 0 Å². The number of hydrogen-bond donors (Lipinski definition) is 1. The first kappa shape index (κ1) is 37.1. The van der Waals surface area contributed by atoms with E-state index in [1.807, 2.05) is 6.07 Å². The van der Waals surface area contributed by atoms with Gasteiger partial charge in [0.05, 0.1) is 32.2 Å². The van der Waals surface area contributed by atoms with E-state index in [1.54, 1.807) is 33.7 Å². The summed E-state index contributed by atoms with van der Waals surface area (Å²) < 4.78 is 62.2. The molecule has 6 rings (SSSR count). The molecule has 15 heteroatoms. The fraction of sp³-hybridized carbons (Fsp3) is 0.459. The van der Waals surface area contributed by atoms with Gasteiger partial charge < -0.3 is 33.5 Å². The molecule has 0 radical (unpaired) electrons. The van der Waals surface area contributed by atoms with Crippen LogP contribution in [0.25, 0.3) is 0 Å². The summed E-state index contributed by atoms with van der Waals surface area (Å²) in [4.78, 5) is 50.5. The largest absolute Gasteiger partial charge is 0.483 e. The summed E-state index contributed by atoms with van der Waals surface area (Å²) in [6.45, 7) is 10.3. The maximum absolute atomic E-state index is 14.6. The molecule has 4 heterocycles. The van der Waals surface area contributed by atoms with Crippen LogP contribution in [0.1, 0.15) is 78.0 Å². The van der Waals surface area contributed by atoms with E-state index in [4.69, 9.17) is 18.7 Å². The molecule has 2 amide bonds. The number of carbonyl (C=O) groups is 2. The minimum absolute atomic E-state index is 0.0718. The van der Waals surface area contributed by atoms with Crippen molar-refractivity contribution in [2.45, 2.75) is 89.0 Å². The summed E-state index contributed by atoms with van der Waals surface area (Å²) in [5.74, 6) is -4.98. The Morgan fingerprint density at radius 2 is 1.81 bits per heavy atom. The van der Waals surface area contributed by atoms with Gasteiger partial charge in [0, 0.05) is 37.0 Å². The predicted molar refractivity (Wildman–Crippen MR) is 188 cm³/mol. The van der Waals surface area contributed by atoms with Crippen LogP contribution in [0.5, 0.6) is 5.75 Å². The third-order valence-corrected chi connectivity index (χ3v) is 15.3. The minimum Gasteiger partial charge on any atom is -0.483 e. The highest BCUT2D eigenvalue weighted by Gasteiger charge is 2.55. The van der Waals surface area contributed by atoms with Crippen molar-refractivity contribution in [1.82, 2.24) is 14.8 Å². The predicted octanol–water partition coefficient (Wildman–Crippen LogP) is 6.07. The zero-order valence-corrected chi connectivity index (χ0v) is 31.1. The van der Waals surface area contributed by atoms with E-state index < -0.39 is 72.3 Å². The number of nitrogens with zero attached hydrogens (tertiary/aromatic N) is 3. The number of hydrogen-bond acceptors (Lipinski definition) is 8. The Morgan fingerprint density at radius 3 is 2.44 bits per heavy atom. The molecule has 3 aromatic rings. The van der Waals surface area contributed by atoms with Gasteiger partial charge in [-0.1, -0.05) is 56.3 Å². The van der Waals surface area contributed by atoms with Crippen molar-refractivity contribution in [3.8, 4) is 5.75 Å². The molecule has 1 saturated heterocycles. The van der Waals surface area contributed by atoms with E-state index in [2.05, 4.69) is 44.3 Å². The van der Waals surface area contributed by atoms with E-state index in [0.717, 1.165) is 0 Å². The molecule has 3 aliphatic heterocycles. The number of aromatic nitrogens is 1. The van der Waals surface area contributed by atoms with Crippen molar-refractivity contribution in [1.29, 1.82) is 0 Å². The van der Waals surface area contributed by atoms with Crippen molar-refractivity contribution >= 4 is 26.0 Å². The van der Waals surface area contributed by atoms with Gasteiger partial charge in [0.1, 0.15) is 29.6 Å². The fourth-order valence-corrected chi connectivity index (χ4v) is 7.68. The Bertz CT molecular complexity index is 1940. The number of oxime groups is 1. The number of halogens is 3. The molecule has 1 fully saturated rings. The maximum atomic E-state index is 14.6. The third kappa shape index (κ3) is 6.95. The molecule has 1 aromatic heterocycles. The second kappa shape index (κ2) is 14.1.